The number of carbonyl (C=O) groups excluding carboxylic acids is 4. The number of rotatable bonds is 20. The van der Waals surface area contributed by atoms with Crippen LogP contribution in [0.15, 0.2) is 100 Å². The summed E-state index contributed by atoms with van der Waals surface area (Å²) in [5.74, 6) is 3.87. The van der Waals surface area contributed by atoms with Gasteiger partial charge in [-0.25, -0.2) is 18.7 Å². The first-order valence-corrected chi connectivity index (χ1v) is 23.6. The average Bonchev–Trinajstić information content (AvgIpc) is 3.63. The number of nitrogens with one attached hydrogen (secondary N) is 4. The summed E-state index contributed by atoms with van der Waals surface area (Å²) in [6.45, 7) is 4.23. The molecule has 6 N–H and O–H groups in total. The number of aromatic nitrogens is 2. The number of carbonyl (C=O) groups is 4. The van der Waals surface area contributed by atoms with Crippen LogP contribution in [0.2, 0.25) is 5.02 Å². The standard InChI is InChI=1S/C51H53ClF2N12O5/c1-56-45(68)15-13-36(30-67)66-29-40-38(50(66)70)4-2-7-43(40)62-46(69)28-57-18-22-71-23-21-65-19-16-34(17-20-65)58-27-44(64-55)31-8-11-35(12-9-31)61-51-60-26-32-25-59-49(47-41(53)5-3-6-42(47)54)39-24-33(52)10-14-37(39)48(32)63-51/h2-12,14,24,26-27,30,34,36,57H,13,15-23,25,28-29,55H2,1H3,(H,56,68)(H,62,69)(H,60,61,63). The molecule has 368 valence electrons. The highest BCUT2D eigenvalue weighted by atomic mass is 35.5. The maximum atomic E-state index is 15.0. The van der Waals surface area contributed by atoms with Gasteiger partial charge in [0.05, 0.1) is 55.4 Å². The number of hydrogen-bond acceptors (Lipinski definition) is 14. The maximum Gasteiger partial charge on any atom is 0.255 e. The van der Waals surface area contributed by atoms with E-state index in [-0.39, 0.29) is 67.5 Å². The molecule has 0 bridgehead atoms. The summed E-state index contributed by atoms with van der Waals surface area (Å²) in [6.07, 6.45) is 6.10. The Bertz CT molecular complexity index is 2850. The number of aliphatic imine (C=N–C) groups is 2. The number of benzene rings is 4. The van der Waals surface area contributed by atoms with Crippen LogP contribution in [0, 0.1) is 11.6 Å². The third-order valence-electron chi connectivity index (χ3n) is 12.5. The minimum Gasteiger partial charge on any atom is -0.379 e. The Balaban J connectivity index is 0.743. The Labute approximate surface area is 414 Å². The van der Waals surface area contributed by atoms with E-state index < -0.39 is 17.7 Å². The van der Waals surface area contributed by atoms with Gasteiger partial charge >= 0.3 is 0 Å². The molecule has 4 heterocycles. The van der Waals surface area contributed by atoms with Gasteiger partial charge in [0.2, 0.25) is 17.8 Å². The molecule has 8 rings (SSSR count). The Morgan fingerprint density at radius 3 is 2.51 bits per heavy atom. The molecule has 1 aromatic heterocycles. The Morgan fingerprint density at radius 2 is 1.76 bits per heavy atom. The van der Waals surface area contributed by atoms with Crippen LogP contribution in [-0.4, -0.2) is 126 Å². The van der Waals surface area contributed by atoms with Gasteiger partial charge in [-0.05, 0) is 67.8 Å². The molecule has 0 spiro atoms. The summed E-state index contributed by atoms with van der Waals surface area (Å²) in [5, 5.41) is 16.1. The van der Waals surface area contributed by atoms with Gasteiger partial charge in [0.25, 0.3) is 5.91 Å². The molecular formula is C51H53ClF2N12O5. The Morgan fingerprint density at radius 1 is 0.986 bits per heavy atom. The van der Waals surface area contributed by atoms with Gasteiger partial charge in [-0.2, -0.15) is 5.10 Å². The number of hydrazone groups is 1. The second-order valence-corrected chi connectivity index (χ2v) is 17.5. The van der Waals surface area contributed by atoms with Crippen molar-refractivity contribution in [1.29, 1.82) is 0 Å². The van der Waals surface area contributed by atoms with Crippen molar-refractivity contribution >= 4 is 70.6 Å². The van der Waals surface area contributed by atoms with Crippen molar-refractivity contribution in [3.8, 4) is 11.3 Å². The minimum atomic E-state index is -0.752. The quantitative estimate of drug-likeness (QED) is 0.0211. The monoisotopic (exact) mass is 986 g/mol. The fourth-order valence-corrected chi connectivity index (χ4v) is 8.87. The zero-order chi connectivity index (χ0) is 49.9. The molecule has 3 aliphatic heterocycles. The third-order valence-corrected chi connectivity index (χ3v) is 12.8. The van der Waals surface area contributed by atoms with Crippen molar-refractivity contribution in [3.63, 3.8) is 0 Å². The largest absolute Gasteiger partial charge is 0.379 e. The van der Waals surface area contributed by atoms with Crippen molar-refractivity contribution in [2.24, 2.45) is 20.9 Å². The van der Waals surface area contributed by atoms with Crippen LogP contribution < -0.4 is 27.1 Å². The lowest BCUT2D eigenvalue weighted by molar-refractivity contribution is -0.121. The van der Waals surface area contributed by atoms with E-state index in [0.717, 1.165) is 38.0 Å². The molecule has 5 aromatic rings. The molecule has 0 radical (unpaired) electrons. The lowest BCUT2D eigenvalue weighted by Gasteiger charge is -2.30. The number of anilines is 3. The summed E-state index contributed by atoms with van der Waals surface area (Å²) < 4.78 is 35.8. The molecule has 1 unspecified atom stereocenters. The van der Waals surface area contributed by atoms with E-state index in [9.17, 15) is 28.0 Å². The van der Waals surface area contributed by atoms with Gasteiger partial charge < -0.3 is 46.4 Å². The number of likely N-dealkylation sites (tertiary alicyclic amines) is 1. The summed E-state index contributed by atoms with van der Waals surface area (Å²) in [6, 6.07) is 20.7. The highest BCUT2D eigenvalue weighted by Crippen LogP contribution is 2.35. The number of aldehydes is 1. The van der Waals surface area contributed by atoms with Crippen LogP contribution in [0.25, 0.3) is 11.3 Å². The van der Waals surface area contributed by atoms with Crippen LogP contribution in [0.4, 0.5) is 26.1 Å². The van der Waals surface area contributed by atoms with Gasteiger partial charge in [0.15, 0.2) is 0 Å². The molecule has 4 aromatic carbocycles. The van der Waals surface area contributed by atoms with Crippen LogP contribution in [0.1, 0.15) is 63.9 Å². The lowest BCUT2D eigenvalue weighted by atomic mass is 9.95. The SMILES string of the molecule is CNC(=O)CCC(C=O)N1Cc2c(NC(=O)CNCCOCCN3CCC(N=CC(=NN)c4ccc(Nc5ncc6c(n5)-c5ccc(Cl)cc5C(c5c(F)cccc5F)=NC6)cc4)CC3)cccc2C1=O. The van der Waals surface area contributed by atoms with Crippen LogP contribution in [0.3, 0.4) is 0 Å². The number of fused-ring (bicyclic) bond motifs is 4. The summed E-state index contributed by atoms with van der Waals surface area (Å²) in [7, 11) is 1.52. The van der Waals surface area contributed by atoms with Crippen molar-refractivity contribution < 1.29 is 32.7 Å². The molecule has 1 saturated heterocycles. The number of halogens is 3. The fraction of sp³-hybridized carbons (Fsp3) is 0.314. The van der Waals surface area contributed by atoms with Gasteiger partial charge in [0, 0.05) is 108 Å². The van der Waals surface area contributed by atoms with Gasteiger partial charge in [-0.15, -0.1) is 0 Å². The normalized spacial score (nSPS) is 15.4. The predicted molar refractivity (Wildman–Crippen MR) is 268 cm³/mol. The first-order chi connectivity index (χ1) is 34.5. The van der Waals surface area contributed by atoms with Crippen molar-refractivity contribution in [1.82, 2.24) is 30.4 Å². The zero-order valence-electron chi connectivity index (χ0n) is 39.0. The minimum absolute atomic E-state index is 0.0466. The van der Waals surface area contributed by atoms with E-state index >= 15 is 0 Å². The van der Waals surface area contributed by atoms with Crippen molar-refractivity contribution in [2.75, 3.05) is 63.6 Å². The van der Waals surface area contributed by atoms with Crippen molar-refractivity contribution in [3.05, 3.63) is 135 Å². The second kappa shape index (κ2) is 23.5. The molecule has 17 nitrogen and oxygen atoms in total. The average molecular weight is 988 g/mol. The highest BCUT2D eigenvalue weighted by Gasteiger charge is 2.34. The Kier molecular flexibility index (Phi) is 16.6. The molecule has 1 atom stereocenters. The van der Waals surface area contributed by atoms with Gasteiger partial charge in [-0.3, -0.25) is 24.4 Å². The Hall–Kier alpha value is -7.32. The molecule has 1 fully saturated rings. The number of nitrogens with two attached hydrogens (primary N) is 1. The van der Waals surface area contributed by atoms with Crippen LogP contribution in [0.5, 0.6) is 0 Å². The van der Waals surface area contributed by atoms with Crippen LogP contribution in [-0.2, 0) is 32.2 Å². The second-order valence-electron chi connectivity index (χ2n) is 17.1. The zero-order valence-corrected chi connectivity index (χ0v) is 39.7. The van der Waals surface area contributed by atoms with E-state index in [2.05, 4.69) is 41.2 Å². The smallest absolute Gasteiger partial charge is 0.255 e. The number of ether oxygens (including phenoxy) is 1. The number of nitrogens with zero attached hydrogens (tertiary/aromatic N) is 7. The first kappa shape index (κ1) is 50.1. The van der Waals surface area contributed by atoms with E-state index in [4.69, 9.17) is 32.2 Å². The molecule has 20 heteroatoms. The van der Waals surface area contributed by atoms with Crippen molar-refractivity contribution in [2.45, 2.75) is 50.9 Å². The fourth-order valence-electron chi connectivity index (χ4n) is 8.70. The maximum absolute atomic E-state index is 15.0. The highest BCUT2D eigenvalue weighted by molar-refractivity contribution is 6.38. The third kappa shape index (κ3) is 12.2. The van der Waals surface area contributed by atoms with E-state index in [1.165, 1.54) is 30.1 Å². The molecule has 0 aliphatic carbocycles. The molecule has 71 heavy (non-hydrogen) atoms. The number of hydrogen-bond donors (Lipinski definition) is 5. The van der Waals surface area contributed by atoms with E-state index in [1.54, 1.807) is 48.8 Å². The molecule has 3 amide bonds. The summed E-state index contributed by atoms with van der Waals surface area (Å²) in [5.41, 5.74) is 5.81. The number of piperidine rings is 1. The summed E-state index contributed by atoms with van der Waals surface area (Å²) >= 11 is 6.37. The summed E-state index contributed by atoms with van der Waals surface area (Å²) in [4.78, 5) is 71.9. The molecular weight excluding hydrogens is 934 g/mol. The van der Waals surface area contributed by atoms with Gasteiger partial charge in [0.1, 0.15) is 23.6 Å². The molecule has 3 aliphatic rings. The van der Waals surface area contributed by atoms with Crippen LogP contribution >= 0.6 is 11.6 Å². The topological polar surface area (TPSA) is 221 Å². The first-order valence-electron chi connectivity index (χ1n) is 23.3. The van der Waals surface area contributed by atoms with E-state index in [0.29, 0.717) is 87.6 Å². The number of amides is 3. The lowest BCUT2D eigenvalue weighted by Crippen LogP contribution is -2.38. The predicted octanol–water partition coefficient (Wildman–Crippen LogP) is 5.66. The van der Waals surface area contributed by atoms with Gasteiger partial charge in [-0.1, -0.05) is 41.9 Å². The van der Waals surface area contributed by atoms with E-state index in [1.807, 2.05) is 24.3 Å². The molecule has 0 saturated carbocycles.